The maximum absolute atomic E-state index is 4.70. The van der Waals surface area contributed by atoms with Gasteiger partial charge in [-0.2, -0.15) is 0 Å². The van der Waals surface area contributed by atoms with E-state index in [2.05, 4.69) is 25.7 Å². The fourth-order valence-electron chi connectivity index (χ4n) is 2.71. The van der Waals surface area contributed by atoms with Crippen LogP contribution in [0.2, 0.25) is 0 Å². The molecule has 0 atom stereocenters. The molecular formula is C18H17N7. The zero-order chi connectivity index (χ0) is 17.2. The number of rotatable bonds is 4. The molecule has 4 heterocycles. The van der Waals surface area contributed by atoms with Crippen molar-refractivity contribution in [1.29, 1.82) is 0 Å². The first-order valence-corrected chi connectivity index (χ1v) is 7.92. The maximum atomic E-state index is 4.70. The lowest BCUT2D eigenvalue weighted by Gasteiger charge is -2.06. The molecule has 0 fully saturated rings. The Bertz CT molecular complexity index is 1080. The average molecular weight is 331 g/mol. The highest BCUT2D eigenvalue weighted by Crippen LogP contribution is 2.25. The van der Waals surface area contributed by atoms with E-state index in [4.69, 9.17) is 4.98 Å². The minimum atomic E-state index is 0.536. The number of aromatic nitrogens is 5. The number of allylic oxidation sites excluding steroid dienone is 1. The molecule has 4 rings (SSSR count). The van der Waals surface area contributed by atoms with Gasteiger partial charge in [0.25, 0.3) is 0 Å². The Labute approximate surface area is 144 Å². The monoisotopic (exact) mass is 331 g/mol. The van der Waals surface area contributed by atoms with Crippen LogP contribution in [0.3, 0.4) is 0 Å². The van der Waals surface area contributed by atoms with Gasteiger partial charge in [0.05, 0.1) is 28.4 Å². The molecule has 2 N–H and O–H groups in total. The molecule has 0 bridgehead atoms. The highest BCUT2D eigenvalue weighted by atomic mass is 15.3. The number of hydrogen-bond acceptors (Lipinski definition) is 6. The fourth-order valence-corrected chi connectivity index (χ4v) is 2.71. The Kier molecular flexibility index (Phi) is 3.74. The molecule has 0 aliphatic heterocycles. The van der Waals surface area contributed by atoms with E-state index in [1.54, 1.807) is 16.9 Å². The molecule has 0 radical (unpaired) electrons. The summed E-state index contributed by atoms with van der Waals surface area (Å²) in [6.45, 7) is 1.94. The SMILES string of the molecule is CN/C=C(\C)Nc1ncc2c(-c3ccc4ncccc4n3)ccn2n1. The quantitative estimate of drug-likeness (QED) is 0.598. The molecule has 4 aromatic rings. The van der Waals surface area contributed by atoms with Gasteiger partial charge < -0.3 is 10.6 Å². The predicted octanol–water partition coefficient (Wildman–Crippen LogP) is 2.83. The molecule has 0 aromatic carbocycles. The van der Waals surface area contributed by atoms with Crippen LogP contribution in [0.25, 0.3) is 27.8 Å². The van der Waals surface area contributed by atoms with Crippen molar-refractivity contribution in [1.82, 2.24) is 29.9 Å². The van der Waals surface area contributed by atoms with E-state index < -0.39 is 0 Å². The Morgan fingerprint density at radius 1 is 1.12 bits per heavy atom. The molecular weight excluding hydrogens is 314 g/mol. The lowest BCUT2D eigenvalue weighted by atomic mass is 10.1. The molecule has 4 aromatic heterocycles. The van der Waals surface area contributed by atoms with Gasteiger partial charge in [0.1, 0.15) is 0 Å². The summed E-state index contributed by atoms with van der Waals surface area (Å²) in [6, 6.07) is 9.79. The number of anilines is 1. The van der Waals surface area contributed by atoms with Crippen LogP contribution in [0.15, 0.2) is 60.8 Å². The summed E-state index contributed by atoms with van der Waals surface area (Å²) >= 11 is 0. The second-order valence-corrected chi connectivity index (χ2v) is 5.62. The van der Waals surface area contributed by atoms with Crippen molar-refractivity contribution in [2.24, 2.45) is 0 Å². The lowest BCUT2D eigenvalue weighted by molar-refractivity contribution is 0.906. The van der Waals surface area contributed by atoms with Gasteiger partial charge in [-0.05, 0) is 37.3 Å². The van der Waals surface area contributed by atoms with Gasteiger partial charge >= 0.3 is 0 Å². The molecule has 124 valence electrons. The summed E-state index contributed by atoms with van der Waals surface area (Å²) in [7, 11) is 1.85. The van der Waals surface area contributed by atoms with Crippen LogP contribution in [0, 0.1) is 0 Å². The first-order valence-electron chi connectivity index (χ1n) is 7.92. The summed E-state index contributed by atoms with van der Waals surface area (Å²) in [5, 5.41) is 10.6. The van der Waals surface area contributed by atoms with Crippen LogP contribution in [0.4, 0.5) is 5.95 Å². The van der Waals surface area contributed by atoms with Crippen LogP contribution in [-0.2, 0) is 0 Å². The van der Waals surface area contributed by atoms with Crippen LogP contribution in [0.1, 0.15) is 6.92 Å². The number of nitrogens with one attached hydrogen (secondary N) is 2. The zero-order valence-electron chi connectivity index (χ0n) is 13.9. The van der Waals surface area contributed by atoms with Crippen molar-refractivity contribution in [2.45, 2.75) is 6.92 Å². The van der Waals surface area contributed by atoms with E-state index in [0.29, 0.717) is 5.95 Å². The van der Waals surface area contributed by atoms with E-state index in [-0.39, 0.29) is 0 Å². The third kappa shape index (κ3) is 2.87. The van der Waals surface area contributed by atoms with Gasteiger partial charge in [-0.25, -0.2) is 14.5 Å². The van der Waals surface area contributed by atoms with Crippen molar-refractivity contribution < 1.29 is 0 Å². The van der Waals surface area contributed by atoms with Crippen LogP contribution in [-0.4, -0.2) is 31.6 Å². The molecule has 0 saturated carbocycles. The van der Waals surface area contributed by atoms with Crippen molar-refractivity contribution >= 4 is 22.5 Å². The number of nitrogens with zero attached hydrogens (tertiary/aromatic N) is 5. The second kappa shape index (κ2) is 6.20. The Morgan fingerprint density at radius 2 is 2.04 bits per heavy atom. The van der Waals surface area contributed by atoms with Gasteiger partial charge in [-0.1, -0.05) is 0 Å². The summed E-state index contributed by atoms with van der Waals surface area (Å²) in [4.78, 5) is 13.4. The Balaban J connectivity index is 1.74. The Morgan fingerprint density at radius 3 is 2.92 bits per heavy atom. The number of hydrogen-bond donors (Lipinski definition) is 2. The molecule has 0 aliphatic rings. The van der Waals surface area contributed by atoms with Gasteiger partial charge in [0.15, 0.2) is 0 Å². The number of fused-ring (bicyclic) bond motifs is 2. The topological polar surface area (TPSA) is 80.0 Å². The van der Waals surface area contributed by atoms with Crippen LogP contribution < -0.4 is 10.6 Å². The third-order valence-electron chi connectivity index (χ3n) is 3.82. The summed E-state index contributed by atoms with van der Waals surface area (Å²) < 4.78 is 1.80. The smallest absolute Gasteiger partial charge is 0.245 e. The third-order valence-corrected chi connectivity index (χ3v) is 3.82. The molecule has 7 heteroatoms. The molecule has 0 amide bonds. The van der Waals surface area contributed by atoms with Crippen molar-refractivity contribution in [3.05, 3.63) is 60.8 Å². The normalized spacial score (nSPS) is 11.8. The van der Waals surface area contributed by atoms with Crippen LogP contribution >= 0.6 is 0 Å². The summed E-state index contributed by atoms with van der Waals surface area (Å²) in [6.07, 6.45) is 7.32. The minimum Gasteiger partial charge on any atom is -0.393 e. The maximum Gasteiger partial charge on any atom is 0.245 e. The second-order valence-electron chi connectivity index (χ2n) is 5.62. The summed E-state index contributed by atoms with van der Waals surface area (Å²) in [5.74, 6) is 0.536. The highest BCUT2D eigenvalue weighted by molar-refractivity contribution is 5.83. The summed E-state index contributed by atoms with van der Waals surface area (Å²) in [5.41, 5.74) is 5.43. The van der Waals surface area contributed by atoms with E-state index >= 15 is 0 Å². The van der Waals surface area contributed by atoms with E-state index in [1.165, 1.54) is 0 Å². The standard InChI is InChI=1S/C18H17N7/c1-12(10-19-2)22-18-21-11-17-13(7-9-25(17)24-18)14-5-6-15-16(23-14)4-3-8-20-15/h3-11,19H,1-2H3,(H,22,24)/b12-10+. The van der Waals surface area contributed by atoms with Gasteiger partial charge in [0, 0.05) is 36.9 Å². The first-order chi connectivity index (χ1) is 12.2. The first kappa shape index (κ1) is 15.1. The Hall–Kier alpha value is -3.48. The van der Waals surface area contributed by atoms with Gasteiger partial charge in [-0.3, -0.25) is 4.98 Å². The van der Waals surface area contributed by atoms with E-state index in [9.17, 15) is 0 Å². The number of pyridine rings is 2. The molecule has 0 spiro atoms. The lowest BCUT2D eigenvalue weighted by Crippen LogP contribution is -2.06. The van der Waals surface area contributed by atoms with Crippen molar-refractivity contribution in [3.8, 4) is 11.3 Å². The highest BCUT2D eigenvalue weighted by Gasteiger charge is 2.10. The molecule has 0 unspecified atom stereocenters. The van der Waals surface area contributed by atoms with Gasteiger partial charge in [0.2, 0.25) is 5.95 Å². The van der Waals surface area contributed by atoms with Crippen molar-refractivity contribution in [3.63, 3.8) is 0 Å². The largest absolute Gasteiger partial charge is 0.393 e. The van der Waals surface area contributed by atoms with E-state index in [0.717, 1.165) is 33.5 Å². The van der Waals surface area contributed by atoms with Crippen molar-refractivity contribution in [2.75, 3.05) is 12.4 Å². The van der Waals surface area contributed by atoms with Gasteiger partial charge in [-0.15, -0.1) is 5.10 Å². The van der Waals surface area contributed by atoms with E-state index in [1.807, 2.05) is 56.7 Å². The molecule has 0 saturated heterocycles. The molecule has 7 nitrogen and oxygen atoms in total. The molecule has 0 aliphatic carbocycles. The molecule has 25 heavy (non-hydrogen) atoms. The fraction of sp³-hybridized carbons (Fsp3) is 0.111. The predicted molar refractivity (Wildman–Crippen MR) is 98.0 cm³/mol. The zero-order valence-corrected chi connectivity index (χ0v) is 13.9. The minimum absolute atomic E-state index is 0.536. The van der Waals surface area contributed by atoms with Crippen LogP contribution in [0.5, 0.6) is 0 Å². The average Bonchev–Trinajstić information content (AvgIpc) is 3.04.